The molecule has 0 amide bonds. The van der Waals surface area contributed by atoms with E-state index in [1.165, 1.54) is 12.1 Å². The van der Waals surface area contributed by atoms with Crippen molar-refractivity contribution in [1.82, 2.24) is 19.7 Å². The number of fused-ring (bicyclic) bond motifs is 1. The molecule has 2 aromatic carbocycles. The van der Waals surface area contributed by atoms with E-state index < -0.39 is 0 Å². The molecule has 0 bridgehead atoms. The number of hydrogen-bond donors (Lipinski definition) is 1. The van der Waals surface area contributed by atoms with Crippen molar-refractivity contribution in [2.45, 2.75) is 0 Å². The van der Waals surface area contributed by atoms with E-state index in [0.717, 1.165) is 22.0 Å². The average molecular weight is 319 g/mol. The van der Waals surface area contributed by atoms with Crippen LogP contribution >= 0.6 is 0 Å². The number of rotatable bonds is 2. The van der Waals surface area contributed by atoms with Crippen LogP contribution in [-0.4, -0.2) is 19.7 Å². The summed E-state index contributed by atoms with van der Waals surface area (Å²) >= 11 is 0. The van der Waals surface area contributed by atoms with Crippen LogP contribution in [0.2, 0.25) is 0 Å². The van der Waals surface area contributed by atoms with Crippen molar-refractivity contribution in [2.24, 2.45) is 7.05 Å². The van der Waals surface area contributed by atoms with Gasteiger partial charge in [-0.25, -0.2) is 4.39 Å². The summed E-state index contributed by atoms with van der Waals surface area (Å²) in [6.45, 7) is 0. The Morgan fingerprint density at radius 2 is 1.96 bits per heavy atom. The largest absolute Gasteiger partial charge is 0.397 e. The van der Waals surface area contributed by atoms with E-state index in [1.807, 2.05) is 31.3 Å². The second kappa shape index (κ2) is 5.42. The zero-order valence-electron chi connectivity index (χ0n) is 12.9. The highest BCUT2D eigenvalue weighted by atomic mass is 19.1. The third kappa shape index (κ3) is 2.28. The third-order valence-corrected chi connectivity index (χ3v) is 3.98. The van der Waals surface area contributed by atoms with Crippen LogP contribution in [0.4, 0.5) is 10.1 Å². The van der Waals surface area contributed by atoms with Gasteiger partial charge in [0.1, 0.15) is 12.1 Å². The highest BCUT2D eigenvalue weighted by Gasteiger charge is 2.14. The van der Waals surface area contributed by atoms with Crippen LogP contribution in [0.5, 0.6) is 0 Å². The van der Waals surface area contributed by atoms with Crippen molar-refractivity contribution < 1.29 is 4.39 Å². The van der Waals surface area contributed by atoms with E-state index in [0.29, 0.717) is 17.1 Å². The van der Waals surface area contributed by atoms with E-state index in [4.69, 9.17) is 5.73 Å². The lowest BCUT2D eigenvalue weighted by Crippen LogP contribution is -1.96. The minimum Gasteiger partial charge on any atom is -0.397 e. The molecule has 2 N–H and O–H groups in total. The van der Waals surface area contributed by atoms with Crippen molar-refractivity contribution in [2.75, 3.05) is 5.73 Å². The van der Waals surface area contributed by atoms with Crippen LogP contribution in [-0.2, 0) is 7.05 Å². The Hall–Kier alpha value is -3.28. The van der Waals surface area contributed by atoms with E-state index >= 15 is 0 Å². The molecule has 0 aliphatic heterocycles. The molecule has 0 saturated heterocycles. The Labute approximate surface area is 137 Å². The number of halogens is 1. The van der Waals surface area contributed by atoms with E-state index in [-0.39, 0.29) is 5.82 Å². The summed E-state index contributed by atoms with van der Waals surface area (Å²) in [5, 5.41) is 8.92. The monoisotopic (exact) mass is 319 g/mol. The molecule has 0 radical (unpaired) electrons. The van der Waals surface area contributed by atoms with Crippen LogP contribution < -0.4 is 5.73 Å². The number of anilines is 1. The van der Waals surface area contributed by atoms with Gasteiger partial charge < -0.3 is 10.3 Å². The van der Waals surface area contributed by atoms with Crippen molar-refractivity contribution >= 4 is 16.6 Å². The van der Waals surface area contributed by atoms with Crippen molar-refractivity contribution in [3.8, 4) is 22.5 Å². The summed E-state index contributed by atoms with van der Waals surface area (Å²) in [5.41, 5.74) is 9.87. The summed E-state index contributed by atoms with van der Waals surface area (Å²) in [5.74, 6) is 0.265. The molecule has 5 nitrogen and oxygen atoms in total. The van der Waals surface area contributed by atoms with Gasteiger partial charge in [0.2, 0.25) is 0 Å². The molecule has 0 unspecified atom stereocenters. The summed E-state index contributed by atoms with van der Waals surface area (Å²) in [6, 6.07) is 12.3. The Morgan fingerprint density at radius 3 is 2.75 bits per heavy atom. The first-order chi connectivity index (χ1) is 11.6. The molecule has 0 aliphatic rings. The lowest BCUT2D eigenvalue weighted by Gasteiger charge is -2.11. The first kappa shape index (κ1) is 14.3. The highest BCUT2D eigenvalue weighted by molar-refractivity contribution is 5.95. The molecule has 0 spiro atoms. The summed E-state index contributed by atoms with van der Waals surface area (Å²) in [4.78, 5) is 4.30. The second-order valence-electron chi connectivity index (χ2n) is 5.60. The molecule has 0 fully saturated rings. The summed E-state index contributed by atoms with van der Waals surface area (Å²) in [7, 11) is 1.82. The number of nitrogens with zero attached hydrogens (tertiary/aromatic N) is 4. The van der Waals surface area contributed by atoms with Crippen LogP contribution in [0.25, 0.3) is 33.4 Å². The Balaban J connectivity index is 1.99. The number of hydrogen-bond acceptors (Lipinski definition) is 4. The standard InChI is InChI=1S/C18H14FN5/c1-24-10-22-23-18(24)15-9-13(19)4-5-14(15)12-7-11-3-2-6-21-17(11)16(20)8-12/h2-10H,20H2,1H3. The zero-order chi connectivity index (χ0) is 16.7. The average Bonchev–Trinajstić information content (AvgIpc) is 3.00. The highest BCUT2D eigenvalue weighted by Crippen LogP contribution is 2.34. The smallest absolute Gasteiger partial charge is 0.164 e. The van der Waals surface area contributed by atoms with Gasteiger partial charge >= 0.3 is 0 Å². The van der Waals surface area contributed by atoms with Gasteiger partial charge in [-0.3, -0.25) is 4.98 Å². The fourth-order valence-corrected chi connectivity index (χ4v) is 2.86. The molecule has 118 valence electrons. The SMILES string of the molecule is Cn1cnnc1-c1cc(F)ccc1-c1cc(N)c2ncccc2c1. The van der Waals surface area contributed by atoms with Gasteiger partial charge in [-0.15, -0.1) is 10.2 Å². The van der Waals surface area contributed by atoms with Crippen molar-refractivity contribution in [3.05, 3.63) is 60.8 Å². The minimum absolute atomic E-state index is 0.327. The molecule has 4 aromatic rings. The lowest BCUT2D eigenvalue weighted by atomic mass is 9.97. The summed E-state index contributed by atoms with van der Waals surface area (Å²) in [6.07, 6.45) is 3.30. The van der Waals surface area contributed by atoms with Crippen LogP contribution in [0.1, 0.15) is 0 Å². The first-order valence-electron chi connectivity index (χ1n) is 7.42. The molecule has 2 aromatic heterocycles. The van der Waals surface area contributed by atoms with Gasteiger partial charge in [0.25, 0.3) is 0 Å². The summed E-state index contributed by atoms with van der Waals surface area (Å²) < 4.78 is 15.6. The Kier molecular flexibility index (Phi) is 3.23. The minimum atomic E-state index is -0.327. The van der Waals surface area contributed by atoms with Gasteiger partial charge in [-0.1, -0.05) is 12.1 Å². The van der Waals surface area contributed by atoms with Crippen molar-refractivity contribution in [1.29, 1.82) is 0 Å². The molecule has 4 rings (SSSR count). The van der Waals surface area contributed by atoms with E-state index in [1.54, 1.807) is 23.2 Å². The maximum atomic E-state index is 13.8. The molecule has 0 aliphatic carbocycles. The fraction of sp³-hybridized carbons (Fsp3) is 0.0556. The molecular weight excluding hydrogens is 305 g/mol. The number of aromatic nitrogens is 4. The van der Waals surface area contributed by atoms with E-state index in [2.05, 4.69) is 15.2 Å². The second-order valence-corrected chi connectivity index (χ2v) is 5.60. The Morgan fingerprint density at radius 1 is 1.08 bits per heavy atom. The van der Waals surface area contributed by atoms with Gasteiger partial charge in [0.05, 0.1) is 11.2 Å². The molecule has 24 heavy (non-hydrogen) atoms. The predicted molar refractivity (Wildman–Crippen MR) is 91.5 cm³/mol. The fourth-order valence-electron chi connectivity index (χ4n) is 2.86. The predicted octanol–water partition coefficient (Wildman–Crippen LogP) is 3.42. The van der Waals surface area contributed by atoms with Crippen molar-refractivity contribution in [3.63, 3.8) is 0 Å². The van der Waals surface area contributed by atoms with Crippen LogP contribution in [0.3, 0.4) is 0 Å². The number of nitrogens with two attached hydrogens (primary N) is 1. The molecule has 2 heterocycles. The molecule has 0 atom stereocenters. The van der Waals surface area contributed by atoms with Gasteiger partial charge in [-0.2, -0.15) is 0 Å². The van der Waals surface area contributed by atoms with Crippen LogP contribution in [0.15, 0.2) is 55.0 Å². The Bertz CT molecular complexity index is 1050. The van der Waals surface area contributed by atoms with Gasteiger partial charge in [0.15, 0.2) is 5.82 Å². The van der Waals surface area contributed by atoms with E-state index in [9.17, 15) is 4.39 Å². The van der Waals surface area contributed by atoms with Crippen LogP contribution in [0, 0.1) is 5.82 Å². The quantitative estimate of drug-likeness (QED) is 0.575. The lowest BCUT2D eigenvalue weighted by molar-refractivity contribution is 0.628. The zero-order valence-corrected chi connectivity index (χ0v) is 12.9. The number of benzene rings is 2. The van der Waals surface area contributed by atoms with Gasteiger partial charge in [0, 0.05) is 24.2 Å². The molecule has 0 saturated carbocycles. The van der Waals surface area contributed by atoms with Gasteiger partial charge in [-0.05, 0) is 41.5 Å². The number of aryl methyl sites for hydroxylation is 1. The number of pyridine rings is 1. The first-order valence-corrected chi connectivity index (χ1v) is 7.42. The molecule has 6 heteroatoms. The topological polar surface area (TPSA) is 69.6 Å². The number of nitrogen functional groups attached to an aromatic ring is 1. The molecular formula is C18H14FN5. The maximum Gasteiger partial charge on any atom is 0.164 e. The third-order valence-electron chi connectivity index (χ3n) is 3.98. The normalized spacial score (nSPS) is 11.1. The maximum absolute atomic E-state index is 13.8.